The minimum absolute atomic E-state index is 0.0332. The Hall–Kier alpha value is -1.62. The number of ether oxygens (including phenoxy) is 2. The summed E-state index contributed by atoms with van der Waals surface area (Å²) in [6.45, 7) is 0.0332. The van der Waals surface area contributed by atoms with Gasteiger partial charge >= 0.3 is 0 Å². The molecule has 20 heavy (non-hydrogen) atoms. The van der Waals surface area contributed by atoms with Crippen LogP contribution in [0.25, 0.3) is 0 Å². The van der Waals surface area contributed by atoms with Gasteiger partial charge in [-0.15, -0.1) is 0 Å². The SMILES string of the molecule is COc1ccccc1COc1c(F)cc(CBr)cc1F. The Balaban J connectivity index is 2.19. The molecule has 0 unspecified atom stereocenters. The molecule has 0 atom stereocenters. The van der Waals surface area contributed by atoms with E-state index in [1.807, 2.05) is 12.1 Å². The van der Waals surface area contributed by atoms with Crippen molar-refractivity contribution in [3.63, 3.8) is 0 Å². The first-order valence-corrected chi connectivity index (χ1v) is 7.06. The molecule has 0 saturated heterocycles. The molecule has 0 fully saturated rings. The Labute approximate surface area is 124 Å². The summed E-state index contributed by atoms with van der Waals surface area (Å²) < 4.78 is 37.9. The van der Waals surface area contributed by atoms with E-state index in [4.69, 9.17) is 9.47 Å². The Morgan fingerprint density at radius 1 is 1.10 bits per heavy atom. The predicted octanol–water partition coefficient (Wildman–Crippen LogP) is 4.45. The third kappa shape index (κ3) is 3.28. The molecule has 2 rings (SSSR count). The van der Waals surface area contributed by atoms with Crippen molar-refractivity contribution >= 4 is 15.9 Å². The van der Waals surface area contributed by atoms with Crippen LogP contribution >= 0.6 is 15.9 Å². The van der Waals surface area contributed by atoms with Gasteiger partial charge in [0.1, 0.15) is 12.4 Å². The van der Waals surface area contributed by atoms with Gasteiger partial charge in [-0.05, 0) is 23.8 Å². The third-order valence-electron chi connectivity index (χ3n) is 2.78. The average molecular weight is 343 g/mol. The number of hydrogen-bond donors (Lipinski definition) is 0. The molecule has 0 aliphatic heterocycles. The third-order valence-corrected chi connectivity index (χ3v) is 3.42. The fourth-order valence-corrected chi connectivity index (χ4v) is 2.12. The van der Waals surface area contributed by atoms with Crippen LogP contribution in [0.4, 0.5) is 8.78 Å². The molecule has 2 aromatic rings. The zero-order valence-electron chi connectivity index (χ0n) is 10.8. The number of rotatable bonds is 5. The van der Waals surface area contributed by atoms with Gasteiger partial charge in [-0.25, -0.2) is 8.78 Å². The van der Waals surface area contributed by atoms with Crippen LogP contribution in [0.3, 0.4) is 0 Å². The molecule has 0 spiro atoms. The summed E-state index contributed by atoms with van der Waals surface area (Å²) in [6.07, 6.45) is 0. The molecule has 0 N–H and O–H groups in total. The second-order valence-corrected chi connectivity index (χ2v) is 4.68. The quantitative estimate of drug-likeness (QED) is 0.747. The van der Waals surface area contributed by atoms with Gasteiger partial charge in [-0.3, -0.25) is 0 Å². The highest BCUT2D eigenvalue weighted by Gasteiger charge is 2.13. The van der Waals surface area contributed by atoms with Crippen molar-refractivity contribution in [2.75, 3.05) is 7.11 Å². The molecular formula is C15H13BrF2O2. The van der Waals surface area contributed by atoms with Gasteiger partial charge in [0.15, 0.2) is 17.4 Å². The smallest absolute Gasteiger partial charge is 0.191 e. The van der Waals surface area contributed by atoms with E-state index in [0.717, 1.165) is 5.56 Å². The molecule has 0 aromatic heterocycles. The molecule has 0 amide bonds. The van der Waals surface area contributed by atoms with E-state index < -0.39 is 11.6 Å². The minimum atomic E-state index is -0.714. The molecule has 106 valence electrons. The molecule has 0 aliphatic rings. The van der Waals surface area contributed by atoms with Crippen LogP contribution in [0.5, 0.6) is 11.5 Å². The molecule has 5 heteroatoms. The van der Waals surface area contributed by atoms with Crippen molar-refractivity contribution < 1.29 is 18.3 Å². The number of alkyl halides is 1. The van der Waals surface area contributed by atoms with Crippen LogP contribution in [0.15, 0.2) is 36.4 Å². The Morgan fingerprint density at radius 2 is 1.75 bits per heavy atom. The zero-order chi connectivity index (χ0) is 14.5. The monoisotopic (exact) mass is 342 g/mol. The first-order valence-electron chi connectivity index (χ1n) is 5.94. The standard InChI is InChI=1S/C15H13BrF2O2/c1-19-14-5-3-2-4-11(14)9-20-15-12(17)6-10(8-16)7-13(15)18/h2-7H,8-9H2,1H3. The highest BCUT2D eigenvalue weighted by atomic mass is 79.9. The molecule has 2 nitrogen and oxygen atoms in total. The summed E-state index contributed by atoms with van der Waals surface area (Å²) in [6, 6.07) is 9.65. The Kier molecular flexibility index (Phi) is 4.95. The lowest BCUT2D eigenvalue weighted by molar-refractivity contribution is 0.268. The lowest BCUT2D eigenvalue weighted by Gasteiger charge is -2.12. The van der Waals surface area contributed by atoms with Crippen molar-refractivity contribution in [2.45, 2.75) is 11.9 Å². The van der Waals surface area contributed by atoms with E-state index in [9.17, 15) is 8.78 Å². The highest BCUT2D eigenvalue weighted by molar-refractivity contribution is 9.08. The van der Waals surface area contributed by atoms with E-state index in [1.54, 1.807) is 12.1 Å². The van der Waals surface area contributed by atoms with E-state index in [1.165, 1.54) is 19.2 Å². The topological polar surface area (TPSA) is 18.5 Å². The van der Waals surface area contributed by atoms with E-state index in [2.05, 4.69) is 15.9 Å². The summed E-state index contributed by atoms with van der Waals surface area (Å²) in [7, 11) is 1.53. The summed E-state index contributed by atoms with van der Waals surface area (Å²) in [4.78, 5) is 0. The molecule has 0 bridgehead atoms. The number of benzene rings is 2. The maximum Gasteiger partial charge on any atom is 0.191 e. The van der Waals surface area contributed by atoms with Crippen molar-refractivity contribution in [1.29, 1.82) is 0 Å². The molecule has 2 aromatic carbocycles. The summed E-state index contributed by atoms with van der Waals surface area (Å²) in [5, 5.41) is 0.383. The van der Waals surface area contributed by atoms with Crippen molar-refractivity contribution in [3.05, 3.63) is 59.2 Å². The van der Waals surface area contributed by atoms with Gasteiger partial charge in [0, 0.05) is 10.9 Å². The second kappa shape index (κ2) is 6.70. The van der Waals surface area contributed by atoms with Gasteiger partial charge in [0.25, 0.3) is 0 Å². The fourth-order valence-electron chi connectivity index (χ4n) is 1.80. The van der Waals surface area contributed by atoms with E-state index >= 15 is 0 Å². The normalized spacial score (nSPS) is 10.4. The number of hydrogen-bond acceptors (Lipinski definition) is 2. The Bertz CT molecular complexity index is 579. The zero-order valence-corrected chi connectivity index (χ0v) is 12.4. The molecule has 0 heterocycles. The lowest BCUT2D eigenvalue weighted by atomic mass is 10.2. The number of methoxy groups -OCH3 is 1. The van der Waals surface area contributed by atoms with Crippen LogP contribution < -0.4 is 9.47 Å². The number of halogens is 3. The maximum absolute atomic E-state index is 13.8. The fraction of sp³-hybridized carbons (Fsp3) is 0.200. The largest absolute Gasteiger partial charge is 0.496 e. The Morgan fingerprint density at radius 3 is 2.35 bits per heavy atom. The van der Waals surface area contributed by atoms with Crippen LogP contribution in [0.2, 0.25) is 0 Å². The van der Waals surface area contributed by atoms with Crippen molar-refractivity contribution in [2.24, 2.45) is 0 Å². The summed E-state index contributed by atoms with van der Waals surface area (Å²) in [5.74, 6) is -1.19. The van der Waals surface area contributed by atoms with Crippen LogP contribution in [0, 0.1) is 11.6 Å². The van der Waals surface area contributed by atoms with Gasteiger partial charge in [-0.2, -0.15) is 0 Å². The number of para-hydroxylation sites is 1. The van der Waals surface area contributed by atoms with Gasteiger partial charge in [-0.1, -0.05) is 34.1 Å². The molecule has 0 radical (unpaired) electrons. The van der Waals surface area contributed by atoms with Crippen LogP contribution in [0.1, 0.15) is 11.1 Å². The molecule has 0 aliphatic carbocycles. The predicted molar refractivity (Wildman–Crippen MR) is 76.3 cm³/mol. The molecular weight excluding hydrogens is 330 g/mol. The minimum Gasteiger partial charge on any atom is -0.496 e. The average Bonchev–Trinajstić information content (AvgIpc) is 2.46. The van der Waals surface area contributed by atoms with E-state index in [0.29, 0.717) is 16.6 Å². The van der Waals surface area contributed by atoms with Crippen LogP contribution in [-0.2, 0) is 11.9 Å². The summed E-state index contributed by atoms with van der Waals surface area (Å²) in [5.41, 5.74) is 1.24. The van der Waals surface area contributed by atoms with Crippen LogP contribution in [-0.4, -0.2) is 7.11 Å². The lowest BCUT2D eigenvalue weighted by Crippen LogP contribution is -2.02. The van der Waals surface area contributed by atoms with E-state index in [-0.39, 0.29) is 12.4 Å². The molecule has 0 saturated carbocycles. The second-order valence-electron chi connectivity index (χ2n) is 4.12. The summed E-state index contributed by atoms with van der Waals surface area (Å²) >= 11 is 3.15. The van der Waals surface area contributed by atoms with Crippen molar-refractivity contribution in [3.8, 4) is 11.5 Å². The first kappa shape index (κ1) is 14.8. The van der Waals surface area contributed by atoms with Crippen molar-refractivity contribution in [1.82, 2.24) is 0 Å². The van der Waals surface area contributed by atoms with Gasteiger partial charge in [0.05, 0.1) is 7.11 Å². The van der Waals surface area contributed by atoms with Gasteiger partial charge in [0.2, 0.25) is 0 Å². The highest BCUT2D eigenvalue weighted by Crippen LogP contribution is 2.26. The van der Waals surface area contributed by atoms with Gasteiger partial charge < -0.3 is 9.47 Å². The first-order chi connectivity index (χ1) is 9.65. The maximum atomic E-state index is 13.8.